The molecule has 0 rings (SSSR count). The lowest BCUT2D eigenvalue weighted by atomic mass is 10.2. The molecule has 0 bridgehead atoms. The van der Waals surface area contributed by atoms with Gasteiger partial charge in [0, 0.05) is 7.05 Å². The maximum Gasteiger partial charge on any atom is 0.0772 e. The predicted molar refractivity (Wildman–Crippen MR) is 46.2 cm³/mol. The molecule has 0 radical (unpaired) electrons. The van der Waals surface area contributed by atoms with Crippen molar-refractivity contribution >= 4 is 11.4 Å². The number of nitrogens with zero attached hydrogens (tertiary/aromatic N) is 1. The van der Waals surface area contributed by atoms with Crippen molar-refractivity contribution in [1.82, 2.24) is 0 Å². The molecule has 0 aromatic rings. The Balaban J connectivity index is 4.12. The molecular weight excluding hydrogens is 124 g/mol. The van der Waals surface area contributed by atoms with Gasteiger partial charge in [-0.1, -0.05) is 13.0 Å². The Morgan fingerprint density at radius 1 is 1.60 bits per heavy atom. The second-order valence-electron chi connectivity index (χ2n) is 2.04. The highest BCUT2D eigenvalue weighted by atomic mass is 14.7. The fourth-order valence-corrected chi connectivity index (χ4v) is 0.597. The van der Waals surface area contributed by atoms with E-state index < -0.39 is 0 Å². The number of hydrogen-bond acceptors (Lipinski definition) is 2. The molecule has 0 aromatic heterocycles. The van der Waals surface area contributed by atoms with E-state index in [0.29, 0.717) is 5.71 Å². The first-order valence-corrected chi connectivity index (χ1v) is 3.41. The smallest absolute Gasteiger partial charge is 0.0772 e. The van der Waals surface area contributed by atoms with Crippen LogP contribution in [0.4, 0.5) is 0 Å². The second kappa shape index (κ2) is 4.91. The third kappa shape index (κ3) is 3.17. The van der Waals surface area contributed by atoms with Gasteiger partial charge in [-0.05, 0) is 19.4 Å². The molecule has 2 heteroatoms. The van der Waals surface area contributed by atoms with Crippen LogP contribution < -0.4 is 0 Å². The Morgan fingerprint density at radius 3 is 2.50 bits per heavy atom. The first kappa shape index (κ1) is 9.08. The molecule has 0 aliphatic carbocycles. The molecule has 0 atom stereocenters. The average molecular weight is 138 g/mol. The first-order valence-electron chi connectivity index (χ1n) is 3.41. The van der Waals surface area contributed by atoms with Gasteiger partial charge < -0.3 is 5.41 Å². The number of allylic oxidation sites excluding steroid dienone is 2. The summed E-state index contributed by atoms with van der Waals surface area (Å²) >= 11 is 0. The largest absolute Gasteiger partial charge is 0.303 e. The molecule has 0 fully saturated rings. The monoisotopic (exact) mass is 138 g/mol. The molecule has 2 nitrogen and oxygen atoms in total. The van der Waals surface area contributed by atoms with Crippen LogP contribution in [-0.4, -0.2) is 18.5 Å². The number of aliphatic imine (C=N–C) groups is 1. The number of rotatable bonds is 3. The van der Waals surface area contributed by atoms with Crippen molar-refractivity contribution in [3.05, 3.63) is 12.2 Å². The van der Waals surface area contributed by atoms with E-state index in [1.165, 1.54) is 0 Å². The van der Waals surface area contributed by atoms with Gasteiger partial charge in [0.2, 0.25) is 0 Å². The SMILES string of the molecule is CC/C=C\C(=NC)C(C)=N. The maximum atomic E-state index is 7.25. The summed E-state index contributed by atoms with van der Waals surface area (Å²) in [7, 11) is 1.70. The van der Waals surface area contributed by atoms with E-state index in [2.05, 4.69) is 11.9 Å². The molecule has 0 unspecified atom stereocenters. The molecule has 0 spiro atoms. The van der Waals surface area contributed by atoms with Crippen molar-refractivity contribution < 1.29 is 0 Å². The van der Waals surface area contributed by atoms with E-state index >= 15 is 0 Å². The van der Waals surface area contributed by atoms with Crippen molar-refractivity contribution in [2.45, 2.75) is 20.3 Å². The summed E-state index contributed by atoms with van der Waals surface area (Å²) in [6.45, 7) is 3.80. The van der Waals surface area contributed by atoms with Gasteiger partial charge in [-0.2, -0.15) is 0 Å². The van der Waals surface area contributed by atoms with Crippen LogP contribution in [0.15, 0.2) is 17.1 Å². The Kier molecular flexibility index (Phi) is 4.46. The third-order valence-corrected chi connectivity index (χ3v) is 1.14. The predicted octanol–water partition coefficient (Wildman–Crippen LogP) is 2.06. The topological polar surface area (TPSA) is 36.2 Å². The van der Waals surface area contributed by atoms with E-state index in [4.69, 9.17) is 5.41 Å². The van der Waals surface area contributed by atoms with Crippen molar-refractivity contribution in [3.63, 3.8) is 0 Å². The average Bonchev–Trinajstić information content (AvgIpc) is 1.89. The minimum atomic E-state index is 0.521. The fourth-order valence-electron chi connectivity index (χ4n) is 0.597. The molecule has 1 N–H and O–H groups in total. The summed E-state index contributed by atoms with van der Waals surface area (Å²) in [6.07, 6.45) is 4.87. The van der Waals surface area contributed by atoms with Crippen LogP contribution in [0.3, 0.4) is 0 Å². The normalized spacial score (nSPS) is 12.5. The molecule has 0 heterocycles. The molecule has 0 aliphatic rings. The molecular formula is C8H14N2. The van der Waals surface area contributed by atoms with Gasteiger partial charge in [-0.3, -0.25) is 4.99 Å². The number of hydrogen-bond donors (Lipinski definition) is 1. The van der Waals surface area contributed by atoms with Crippen LogP contribution in [0.2, 0.25) is 0 Å². The zero-order valence-electron chi connectivity index (χ0n) is 6.81. The summed E-state index contributed by atoms with van der Waals surface area (Å²) in [5.41, 5.74) is 1.29. The quantitative estimate of drug-likeness (QED) is 0.579. The Hall–Kier alpha value is -0.920. The van der Waals surface area contributed by atoms with E-state index in [-0.39, 0.29) is 0 Å². The minimum Gasteiger partial charge on any atom is -0.303 e. The Morgan fingerprint density at radius 2 is 2.20 bits per heavy atom. The molecule has 0 saturated heterocycles. The van der Waals surface area contributed by atoms with Gasteiger partial charge in [0.15, 0.2) is 0 Å². The highest BCUT2D eigenvalue weighted by molar-refractivity contribution is 6.44. The minimum absolute atomic E-state index is 0.521. The Labute approximate surface area is 62.2 Å². The maximum absolute atomic E-state index is 7.25. The zero-order valence-corrected chi connectivity index (χ0v) is 6.81. The van der Waals surface area contributed by atoms with Gasteiger partial charge in [-0.15, -0.1) is 0 Å². The van der Waals surface area contributed by atoms with Gasteiger partial charge in [0.1, 0.15) is 0 Å². The van der Waals surface area contributed by atoms with Gasteiger partial charge in [-0.25, -0.2) is 0 Å². The summed E-state index contributed by atoms with van der Waals surface area (Å²) < 4.78 is 0. The fraction of sp³-hybridized carbons (Fsp3) is 0.500. The first-order chi connectivity index (χ1) is 4.72. The highest BCUT2D eigenvalue weighted by Crippen LogP contribution is 1.86. The summed E-state index contributed by atoms with van der Waals surface area (Å²) in [4.78, 5) is 3.93. The van der Waals surface area contributed by atoms with Gasteiger partial charge in [0.25, 0.3) is 0 Å². The van der Waals surface area contributed by atoms with Crippen LogP contribution in [0.25, 0.3) is 0 Å². The third-order valence-electron chi connectivity index (χ3n) is 1.14. The van der Waals surface area contributed by atoms with E-state index in [0.717, 1.165) is 12.1 Å². The molecule has 0 saturated carbocycles. The van der Waals surface area contributed by atoms with E-state index in [1.807, 2.05) is 12.2 Å². The van der Waals surface area contributed by atoms with Crippen molar-refractivity contribution in [1.29, 1.82) is 5.41 Å². The molecule has 0 amide bonds. The van der Waals surface area contributed by atoms with Crippen molar-refractivity contribution in [2.75, 3.05) is 7.05 Å². The molecule has 0 aromatic carbocycles. The summed E-state index contributed by atoms with van der Waals surface area (Å²) in [5, 5.41) is 7.25. The Bertz CT molecular complexity index is 166. The standard InChI is InChI=1S/C8H14N2/c1-4-5-6-8(10-3)7(2)9/h5-6,9H,4H2,1-3H3/b6-5-,9-7?,10-8?. The molecule has 10 heavy (non-hydrogen) atoms. The van der Waals surface area contributed by atoms with Gasteiger partial charge >= 0.3 is 0 Å². The lowest BCUT2D eigenvalue weighted by Crippen LogP contribution is -2.04. The van der Waals surface area contributed by atoms with Crippen LogP contribution in [0.5, 0.6) is 0 Å². The lowest BCUT2D eigenvalue weighted by Gasteiger charge is -1.93. The summed E-state index contributed by atoms with van der Waals surface area (Å²) in [6, 6.07) is 0. The second-order valence-corrected chi connectivity index (χ2v) is 2.04. The summed E-state index contributed by atoms with van der Waals surface area (Å²) in [5.74, 6) is 0. The lowest BCUT2D eigenvalue weighted by molar-refractivity contribution is 1.23. The molecule has 0 aliphatic heterocycles. The van der Waals surface area contributed by atoms with E-state index in [9.17, 15) is 0 Å². The van der Waals surface area contributed by atoms with Crippen LogP contribution >= 0.6 is 0 Å². The number of nitrogens with one attached hydrogen (secondary N) is 1. The van der Waals surface area contributed by atoms with Crippen LogP contribution in [-0.2, 0) is 0 Å². The molecule has 56 valence electrons. The van der Waals surface area contributed by atoms with Crippen molar-refractivity contribution in [2.24, 2.45) is 4.99 Å². The van der Waals surface area contributed by atoms with E-state index in [1.54, 1.807) is 14.0 Å². The zero-order chi connectivity index (χ0) is 7.98. The van der Waals surface area contributed by atoms with Crippen LogP contribution in [0.1, 0.15) is 20.3 Å². The van der Waals surface area contributed by atoms with Gasteiger partial charge in [0.05, 0.1) is 11.4 Å². The van der Waals surface area contributed by atoms with Crippen LogP contribution in [0, 0.1) is 5.41 Å². The highest BCUT2D eigenvalue weighted by Gasteiger charge is 1.92. The van der Waals surface area contributed by atoms with Crippen molar-refractivity contribution in [3.8, 4) is 0 Å².